The summed E-state index contributed by atoms with van der Waals surface area (Å²) in [6.45, 7) is 6.69. The van der Waals surface area contributed by atoms with Gasteiger partial charge in [-0.1, -0.05) is 24.3 Å². The second-order valence-corrected chi connectivity index (χ2v) is 7.17. The summed E-state index contributed by atoms with van der Waals surface area (Å²) in [6, 6.07) is 14.7. The zero-order valence-corrected chi connectivity index (χ0v) is 20.0. The molecule has 0 N–H and O–H groups in total. The van der Waals surface area contributed by atoms with Crippen molar-refractivity contribution in [1.29, 1.82) is 0 Å². The number of hydrogen-bond acceptors (Lipinski definition) is 8. The summed E-state index contributed by atoms with van der Waals surface area (Å²) >= 11 is 0. The summed E-state index contributed by atoms with van der Waals surface area (Å²) in [5, 5.41) is 0. The molecular weight excluding hydrogens is 440 g/mol. The number of benzene rings is 2. The van der Waals surface area contributed by atoms with Crippen LogP contribution in [0.15, 0.2) is 48.5 Å². The van der Waals surface area contributed by atoms with Crippen molar-refractivity contribution >= 4 is 11.9 Å². The molecule has 0 bridgehead atoms. The fourth-order valence-corrected chi connectivity index (χ4v) is 2.93. The molecule has 0 atom stereocenters. The van der Waals surface area contributed by atoms with Gasteiger partial charge < -0.3 is 28.4 Å². The smallest absolute Gasteiger partial charge is 0.310 e. The van der Waals surface area contributed by atoms with Gasteiger partial charge in [-0.3, -0.25) is 9.59 Å². The van der Waals surface area contributed by atoms with Gasteiger partial charge in [0.1, 0.15) is 24.7 Å². The minimum atomic E-state index is -0.309. The first kappa shape index (κ1) is 27.1. The molecule has 0 saturated heterocycles. The molecule has 34 heavy (non-hydrogen) atoms. The maximum absolute atomic E-state index is 11.9. The Morgan fingerprint density at radius 3 is 1.26 bits per heavy atom. The first-order valence-corrected chi connectivity index (χ1v) is 11.5. The van der Waals surface area contributed by atoms with Gasteiger partial charge in [-0.15, -0.1) is 0 Å². The first-order valence-electron chi connectivity index (χ1n) is 11.5. The van der Waals surface area contributed by atoms with Crippen molar-refractivity contribution in [3.8, 4) is 11.5 Å². The third-order valence-electron chi connectivity index (χ3n) is 4.52. The monoisotopic (exact) mass is 474 g/mol. The van der Waals surface area contributed by atoms with Crippen LogP contribution >= 0.6 is 0 Å². The van der Waals surface area contributed by atoms with E-state index in [0.717, 1.165) is 22.6 Å². The van der Waals surface area contributed by atoms with Crippen LogP contribution in [-0.4, -0.2) is 64.8 Å². The SMILES string of the molecule is CCOc1ccc(CC(=O)OCCOCCOCCOC(=O)Cc2ccc(OCC)cc2)cc1. The topological polar surface area (TPSA) is 89.5 Å². The maximum Gasteiger partial charge on any atom is 0.310 e. The van der Waals surface area contributed by atoms with Gasteiger partial charge in [-0.2, -0.15) is 0 Å². The Hall–Kier alpha value is -3.10. The van der Waals surface area contributed by atoms with E-state index in [1.807, 2.05) is 62.4 Å². The fraction of sp³-hybridized carbons (Fsp3) is 0.462. The number of hydrogen-bond donors (Lipinski definition) is 0. The van der Waals surface area contributed by atoms with Crippen LogP contribution in [0.1, 0.15) is 25.0 Å². The Morgan fingerprint density at radius 2 is 0.912 bits per heavy atom. The predicted octanol–water partition coefficient (Wildman–Crippen LogP) is 3.39. The van der Waals surface area contributed by atoms with Crippen LogP contribution in [0.5, 0.6) is 11.5 Å². The molecule has 2 aromatic rings. The Morgan fingerprint density at radius 1 is 0.559 bits per heavy atom. The zero-order chi connectivity index (χ0) is 24.4. The summed E-state index contributed by atoms with van der Waals surface area (Å²) in [7, 11) is 0. The van der Waals surface area contributed by atoms with Gasteiger partial charge >= 0.3 is 11.9 Å². The molecule has 0 saturated carbocycles. The summed E-state index contributed by atoms with van der Waals surface area (Å²) in [6.07, 6.45) is 0.402. The lowest BCUT2D eigenvalue weighted by atomic mass is 10.1. The minimum Gasteiger partial charge on any atom is -0.494 e. The number of carbonyl (C=O) groups is 2. The molecule has 2 rings (SSSR count). The molecule has 8 heteroatoms. The van der Waals surface area contributed by atoms with Gasteiger partial charge in [-0.25, -0.2) is 0 Å². The van der Waals surface area contributed by atoms with E-state index in [0.29, 0.717) is 26.4 Å². The van der Waals surface area contributed by atoms with Crippen LogP contribution in [0.2, 0.25) is 0 Å². The van der Waals surface area contributed by atoms with Crippen LogP contribution in [0.3, 0.4) is 0 Å². The highest BCUT2D eigenvalue weighted by molar-refractivity contribution is 5.73. The second-order valence-electron chi connectivity index (χ2n) is 7.17. The standard InChI is InChI=1S/C26H34O8/c1-3-31-23-9-5-21(6-10-23)19-25(27)33-17-15-29-13-14-30-16-18-34-26(28)20-22-7-11-24(12-8-22)32-4-2/h5-12H,3-4,13-20H2,1-2H3. The molecular formula is C26H34O8. The van der Waals surface area contributed by atoms with Crippen molar-refractivity contribution in [1.82, 2.24) is 0 Å². The highest BCUT2D eigenvalue weighted by Crippen LogP contribution is 2.13. The van der Waals surface area contributed by atoms with Crippen LogP contribution < -0.4 is 9.47 Å². The van der Waals surface area contributed by atoms with E-state index in [2.05, 4.69) is 0 Å². The van der Waals surface area contributed by atoms with Gasteiger partial charge in [0, 0.05) is 0 Å². The van der Waals surface area contributed by atoms with Crippen LogP contribution in [0, 0.1) is 0 Å². The van der Waals surface area contributed by atoms with Crippen molar-refractivity contribution in [2.24, 2.45) is 0 Å². The number of ether oxygens (including phenoxy) is 6. The zero-order valence-electron chi connectivity index (χ0n) is 20.0. The normalized spacial score (nSPS) is 10.5. The lowest BCUT2D eigenvalue weighted by Crippen LogP contribution is -2.16. The van der Waals surface area contributed by atoms with Crippen molar-refractivity contribution in [3.63, 3.8) is 0 Å². The summed E-state index contributed by atoms with van der Waals surface area (Å²) in [5.74, 6) is 0.932. The molecule has 0 fully saturated rings. The Balaban J connectivity index is 1.42. The van der Waals surface area contributed by atoms with E-state index in [9.17, 15) is 9.59 Å². The molecule has 0 spiro atoms. The fourth-order valence-electron chi connectivity index (χ4n) is 2.93. The van der Waals surface area contributed by atoms with E-state index in [1.165, 1.54) is 0 Å². The molecule has 0 amide bonds. The highest BCUT2D eigenvalue weighted by atomic mass is 16.6. The van der Waals surface area contributed by atoms with E-state index in [4.69, 9.17) is 28.4 Å². The van der Waals surface area contributed by atoms with Gasteiger partial charge in [0.05, 0.1) is 52.5 Å². The quantitative estimate of drug-likeness (QED) is 0.255. The maximum atomic E-state index is 11.9. The van der Waals surface area contributed by atoms with Crippen molar-refractivity contribution in [3.05, 3.63) is 59.7 Å². The molecule has 0 unspecified atom stereocenters. The van der Waals surface area contributed by atoms with Gasteiger partial charge in [-0.05, 0) is 49.2 Å². The van der Waals surface area contributed by atoms with E-state index in [-0.39, 0.29) is 51.2 Å². The third-order valence-corrected chi connectivity index (χ3v) is 4.52. The highest BCUT2D eigenvalue weighted by Gasteiger charge is 2.06. The lowest BCUT2D eigenvalue weighted by molar-refractivity contribution is -0.146. The Bertz CT molecular complexity index is 761. The minimum absolute atomic E-state index is 0.180. The first-order chi connectivity index (χ1) is 16.6. The molecule has 0 aromatic heterocycles. The largest absolute Gasteiger partial charge is 0.494 e. The molecule has 8 nitrogen and oxygen atoms in total. The van der Waals surface area contributed by atoms with E-state index < -0.39 is 0 Å². The lowest BCUT2D eigenvalue weighted by Gasteiger charge is -2.08. The summed E-state index contributed by atoms with van der Waals surface area (Å²) in [4.78, 5) is 23.7. The van der Waals surface area contributed by atoms with Crippen LogP contribution in [-0.2, 0) is 41.4 Å². The molecule has 0 radical (unpaired) electrons. The predicted molar refractivity (Wildman–Crippen MR) is 126 cm³/mol. The summed E-state index contributed by atoms with van der Waals surface area (Å²) < 4.78 is 31.8. The molecule has 0 heterocycles. The number of rotatable bonds is 17. The summed E-state index contributed by atoms with van der Waals surface area (Å²) in [5.41, 5.74) is 1.73. The molecule has 0 aliphatic heterocycles. The number of esters is 2. The molecule has 0 aliphatic rings. The van der Waals surface area contributed by atoms with Crippen molar-refractivity contribution in [2.75, 3.05) is 52.9 Å². The number of carbonyl (C=O) groups excluding carboxylic acids is 2. The second kappa shape index (κ2) is 16.5. The average Bonchev–Trinajstić information content (AvgIpc) is 2.83. The third kappa shape index (κ3) is 11.7. The van der Waals surface area contributed by atoms with Crippen molar-refractivity contribution < 1.29 is 38.0 Å². The molecule has 186 valence electrons. The van der Waals surface area contributed by atoms with Gasteiger partial charge in [0.25, 0.3) is 0 Å². The van der Waals surface area contributed by atoms with E-state index >= 15 is 0 Å². The average molecular weight is 475 g/mol. The molecule has 2 aromatic carbocycles. The van der Waals surface area contributed by atoms with Gasteiger partial charge in [0.15, 0.2) is 0 Å². The Labute approximate surface area is 201 Å². The van der Waals surface area contributed by atoms with Gasteiger partial charge in [0.2, 0.25) is 0 Å². The van der Waals surface area contributed by atoms with Crippen LogP contribution in [0.25, 0.3) is 0 Å². The van der Waals surface area contributed by atoms with E-state index in [1.54, 1.807) is 0 Å². The Kier molecular flexibility index (Phi) is 13.2. The van der Waals surface area contributed by atoms with Crippen LogP contribution in [0.4, 0.5) is 0 Å². The van der Waals surface area contributed by atoms with Crippen molar-refractivity contribution in [2.45, 2.75) is 26.7 Å². The molecule has 0 aliphatic carbocycles.